The van der Waals surface area contributed by atoms with Crippen LogP contribution in [0.3, 0.4) is 0 Å². The van der Waals surface area contributed by atoms with Gasteiger partial charge in [0.1, 0.15) is 6.04 Å². The zero-order valence-corrected chi connectivity index (χ0v) is 13.3. The third-order valence-corrected chi connectivity index (χ3v) is 3.25. The van der Waals surface area contributed by atoms with Gasteiger partial charge in [0.15, 0.2) is 6.04 Å². The molecule has 23 heavy (non-hydrogen) atoms. The molecule has 0 spiro atoms. The van der Waals surface area contributed by atoms with Crippen LogP contribution in [0.15, 0.2) is 0 Å². The van der Waals surface area contributed by atoms with Crippen LogP contribution < -0.4 is 16.4 Å². The standard InChI is InChI=1S/C12H21N3O7S/c1-5(16)9(12(21)22)15-11(20)7(2-3-8(17)18)14-10(19)6(13)4-23/h5-7,9,16,23H,2-4,13H2,1H3,(H,14,19)(H,15,20)(H,17,18)(H,21,22)/t5-,6+,7+,9+/m1/s1. The van der Waals surface area contributed by atoms with E-state index >= 15 is 0 Å². The first-order chi connectivity index (χ1) is 10.6. The van der Waals surface area contributed by atoms with Gasteiger partial charge in [0.2, 0.25) is 11.8 Å². The van der Waals surface area contributed by atoms with Crippen LogP contribution in [0.25, 0.3) is 0 Å². The molecule has 0 heterocycles. The van der Waals surface area contributed by atoms with E-state index in [0.717, 1.165) is 0 Å². The van der Waals surface area contributed by atoms with E-state index in [4.69, 9.17) is 15.9 Å². The van der Waals surface area contributed by atoms with E-state index < -0.39 is 54.4 Å². The van der Waals surface area contributed by atoms with Crippen LogP contribution in [-0.4, -0.2) is 69.1 Å². The van der Waals surface area contributed by atoms with Crippen LogP contribution in [0.5, 0.6) is 0 Å². The molecule has 0 aromatic rings. The van der Waals surface area contributed by atoms with E-state index in [1.807, 2.05) is 5.32 Å². The second-order valence-corrected chi connectivity index (χ2v) is 5.21. The third-order valence-electron chi connectivity index (χ3n) is 2.86. The highest BCUT2D eigenvalue weighted by Crippen LogP contribution is 2.02. The average molecular weight is 351 g/mol. The minimum absolute atomic E-state index is 0.00449. The van der Waals surface area contributed by atoms with E-state index in [0.29, 0.717) is 0 Å². The quantitative estimate of drug-likeness (QED) is 0.212. The van der Waals surface area contributed by atoms with Gasteiger partial charge in [-0.25, -0.2) is 4.79 Å². The topological polar surface area (TPSA) is 179 Å². The molecule has 11 heteroatoms. The molecule has 0 fully saturated rings. The summed E-state index contributed by atoms with van der Waals surface area (Å²) in [6, 6.07) is -3.90. The number of hydrogen-bond donors (Lipinski definition) is 7. The second kappa shape index (κ2) is 10.0. The number of aliphatic hydroxyl groups is 1. The predicted molar refractivity (Wildman–Crippen MR) is 81.9 cm³/mol. The van der Waals surface area contributed by atoms with Gasteiger partial charge in [0.25, 0.3) is 0 Å². The molecule has 4 atom stereocenters. The maximum atomic E-state index is 12.1. The van der Waals surface area contributed by atoms with Gasteiger partial charge in [-0.05, 0) is 13.3 Å². The van der Waals surface area contributed by atoms with Crippen LogP contribution in [0, 0.1) is 0 Å². The Bertz CT molecular complexity index is 458. The number of hydrogen-bond acceptors (Lipinski definition) is 7. The molecule has 0 aliphatic rings. The Hall–Kier alpha value is -1.85. The molecular weight excluding hydrogens is 330 g/mol. The van der Waals surface area contributed by atoms with E-state index in [9.17, 15) is 24.3 Å². The van der Waals surface area contributed by atoms with Crippen LogP contribution in [0.1, 0.15) is 19.8 Å². The Morgan fingerprint density at radius 3 is 2.09 bits per heavy atom. The molecule has 7 N–H and O–H groups in total. The van der Waals surface area contributed by atoms with E-state index in [2.05, 4.69) is 17.9 Å². The first-order valence-corrected chi connectivity index (χ1v) is 7.33. The Morgan fingerprint density at radius 2 is 1.70 bits per heavy atom. The van der Waals surface area contributed by atoms with Crippen LogP contribution >= 0.6 is 12.6 Å². The van der Waals surface area contributed by atoms with E-state index in [1.54, 1.807) is 0 Å². The Labute approximate surface area is 137 Å². The molecule has 0 aliphatic carbocycles. The van der Waals surface area contributed by atoms with Gasteiger partial charge in [-0.3, -0.25) is 14.4 Å². The molecule has 0 aromatic carbocycles. The summed E-state index contributed by atoms with van der Waals surface area (Å²) in [5.74, 6) is -4.32. The summed E-state index contributed by atoms with van der Waals surface area (Å²) in [5, 5.41) is 31.2. The zero-order chi connectivity index (χ0) is 18.2. The van der Waals surface area contributed by atoms with Gasteiger partial charge in [-0.1, -0.05) is 0 Å². The number of amides is 2. The number of rotatable bonds is 10. The fourth-order valence-corrected chi connectivity index (χ4v) is 1.71. The summed E-state index contributed by atoms with van der Waals surface area (Å²) in [6.45, 7) is 1.17. The van der Waals surface area contributed by atoms with Gasteiger partial charge in [0.05, 0.1) is 12.1 Å². The van der Waals surface area contributed by atoms with Gasteiger partial charge in [-0.2, -0.15) is 12.6 Å². The lowest BCUT2D eigenvalue weighted by atomic mass is 10.1. The molecule has 132 valence electrons. The molecule has 0 unspecified atom stereocenters. The normalized spacial score (nSPS) is 15.8. The van der Waals surface area contributed by atoms with Crippen molar-refractivity contribution < 1.29 is 34.5 Å². The number of aliphatic carboxylic acids is 2. The van der Waals surface area contributed by atoms with Crippen molar-refractivity contribution in [1.82, 2.24) is 10.6 Å². The molecule has 10 nitrogen and oxygen atoms in total. The molecule has 0 radical (unpaired) electrons. The lowest BCUT2D eigenvalue weighted by Crippen LogP contribution is -2.56. The zero-order valence-electron chi connectivity index (χ0n) is 12.4. The summed E-state index contributed by atoms with van der Waals surface area (Å²) < 4.78 is 0. The second-order valence-electron chi connectivity index (χ2n) is 4.85. The first-order valence-electron chi connectivity index (χ1n) is 6.70. The van der Waals surface area contributed by atoms with Crippen molar-refractivity contribution in [2.24, 2.45) is 5.73 Å². The summed E-state index contributed by atoms with van der Waals surface area (Å²) in [7, 11) is 0. The van der Waals surface area contributed by atoms with E-state index in [1.165, 1.54) is 6.92 Å². The molecule has 0 aliphatic heterocycles. The first kappa shape index (κ1) is 21.1. The number of nitrogens with two attached hydrogens (primary N) is 1. The Kier molecular flexibility index (Phi) is 9.22. The molecular formula is C12H21N3O7S. The fourth-order valence-electron chi connectivity index (χ4n) is 1.54. The number of thiol groups is 1. The highest BCUT2D eigenvalue weighted by molar-refractivity contribution is 7.80. The van der Waals surface area contributed by atoms with Crippen LogP contribution in [0.2, 0.25) is 0 Å². The monoisotopic (exact) mass is 351 g/mol. The van der Waals surface area contributed by atoms with Gasteiger partial charge in [0, 0.05) is 12.2 Å². The molecule has 0 rings (SSSR count). The molecule has 0 bridgehead atoms. The lowest BCUT2D eigenvalue weighted by Gasteiger charge is -2.23. The molecule has 2 amide bonds. The number of carboxylic acid groups (broad SMARTS) is 2. The maximum Gasteiger partial charge on any atom is 0.328 e. The number of carbonyl (C=O) groups excluding carboxylic acids is 2. The van der Waals surface area contributed by atoms with E-state index in [-0.39, 0.29) is 12.2 Å². The highest BCUT2D eigenvalue weighted by atomic mass is 32.1. The maximum absolute atomic E-state index is 12.1. The Balaban J connectivity index is 5.02. The molecule has 0 saturated carbocycles. The predicted octanol–water partition coefficient (Wildman–Crippen LogP) is -2.46. The number of carboxylic acids is 2. The van der Waals surface area contributed by atoms with Crippen molar-refractivity contribution in [1.29, 1.82) is 0 Å². The number of nitrogens with one attached hydrogen (secondary N) is 2. The minimum atomic E-state index is -1.59. The minimum Gasteiger partial charge on any atom is -0.481 e. The largest absolute Gasteiger partial charge is 0.481 e. The number of aliphatic hydroxyl groups excluding tert-OH is 1. The van der Waals surface area contributed by atoms with Crippen molar-refractivity contribution >= 4 is 36.4 Å². The summed E-state index contributed by atoms with van der Waals surface area (Å²) in [6.07, 6.45) is -2.08. The Morgan fingerprint density at radius 1 is 1.13 bits per heavy atom. The summed E-state index contributed by atoms with van der Waals surface area (Å²) in [4.78, 5) is 45.4. The smallest absolute Gasteiger partial charge is 0.328 e. The van der Waals surface area contributed by atoms with Gasteiger partial charge >= 0.3 is 11.9 Å². The molecule has 0 aromatic heterocycles. The summed E-state index contributed by atoms with van der Waals surface area (Å²) >= 11 is 3.83. The SMILES string of the molecule is C[C@@H](O)[C@H](NC(=O)[C@H](CCC(=O)O)NC(=O)[C@@H](N)CS)C(=O)O. The summed E-state index contributed by atoms with van der Waals surface area (Å²) in [5.41, 5.74) is 5.45. The van der Waals surface area contributed by atoms with Gasteiger partial charge < -0.3 is 31.7 Å². The van der Waals surface area contributed by atoms with Crippen molar-refractivity contribution in [3.63, 3.8) is 0 Å². The molecule has 0 saturated heterocycles. The van der Waals surface area contributed by atoms with Crippen molar-refractivity contribution in [2.75, 3.05) is 5.75 Å². The fraction of sp³-hybridized carbons (Fsp3) is 0.667. The van der Waals surface area contributed by atoms with Crippen molar-refractivity contribution in [3.8, 4) is 0 Å². The third kappa shape index (κ3) is 7.81. The van der Waals surface area contributed by atoms with Crippen molar-refractivity contribution in [3.05, 3.63) is 0 Å². The van der Waals surface area contributed by atoms with Crippen LogP contribution in [-0.2, 0) is 19.2 Å². The highest BCUT2D eigenvalue weighted by Gasteiger charge is 2.30. The lowest BCUT2D eigenvalue weighted by molar-refractivity contribution is -0.145. The van der Waals surface area contributed by atoms with Crippen molar-refractivity contribution in [2.45, 2.75) is 44.0 Å². The average Bonchev–Trinajstić information content (AvgIpc) is 2.46. The number of carbonyl (C=O) groups is 4. The van der Waals surface area contributed by atoms with Crippen LogP contribution in [0.4, 0.5) is 0 Å². The van der Waals surface area contributed by atoms with Gasteiger partial charge in [-0.15, -0.1) is 0 Å².